The fraction of sp³-hybridized carbons (Fsp3) is 0.564. The van der Waals surface area contributed by atoms with E-state index in [0.717, 1.165) is 83.5 Å². The number of likely N-dealkylation sites (tertiary alicyclic amines) is 3. The van der Waals surface area contributed by atoms with Gasteiger partial charge in [0.1, 0.15) is 22.9 Å². The van der Waals surface area contributed by atoms with E-state index in [-0.39, 0.29) is 29.5 Å². The van der Waals surface area contributed by atoms with Crippen molar-refractivity contribution in [3.05, 3.63) is 71.1 Å². The van der Waals surface area contributed by atoms with Crippen LogP contribution in [0.15, 0.2) is 64.9 Å². The second-order valence-corrected chi connectivity index (χ2v) is 15.4. The van der Waals surface area contributed by atoms with E-state index in [9.17, 15) is 23.4 Å². The summed E-state index contributed by atoms with van der Waals surface area (Å²) in [6.07, 6.45) is 2.26. The van der Waals surface area contributed by atoms with Crippen LogP contribution in [-0.4, -0.2) is 102 Å². The SMILES string of the molecule is CCC1C=NC(NC2CCN(C3CCN(C4CN(C(=O)OC(C)(C)C)C4)CC3)CC2)=C(C(=N)c2ccc(Oc3ccc(C(F)(F)F)cc3)cc2)C1N. The average Bonchev–Trinajstić information content (AvgIpc) is 3.08. The molecule has 2 atom stereocenters. The molecule has 4 heterocycles. The molecule has 3 fully saturated rings. The highest BCUT2D eigenvalue weighted by atomic mass is 19.4. The van der Waals surface area contributed by atoms with E-state index < -0.39 is 23.4 Å². The van der Waals surface area contributed by atoms with Crippen LogP contribution in [0.5, 0.6) is 11.5 Å². The maximum Gasteiger partial charge on any atom is 0.416 e. The van der Waals surface area contributed by atoms with Crippen molar-refractivity contribution in [3.8, 4) is 11.5 Å². The standard InChI is InChI=1S/C39H52F3N7O3/c1-5-25-22-45-36(33(34(25)43)35(44)26-6-10-31(11-7-26)51-32-12-8-27(9-13-32)39(40,41)42)46-28-14-18-47(19-15-28)29-16-20-48(21-17-29)30-23-49(24-30)37(50)52-38(2,3)4/h6-13,22,25,28-30,34,44,46H,5,14-21,23-24,43H2,1-4H3. The fourth-order valence-electron chi connectivity index (χ4n) is 7.54. The van der Waals surface area contributed by atoms with Gasteiger partial charge in [0.2, 0.25) is 0 Å². The number of benzene rings is 2. The zero-order valence-corrected chi connectivity index (χ0v) is 30.6. The largest absolute Gasteiger partial charge is 0.457 e. The van der Waals surface area contributed by atoms with Crippen LogP contribution < -0.4 is 15.8 Å². The van der Waals surface area contributed by atoms with Crippen LogP contribution in [0.1, 0.15) is 70.9 Å². The van der Waals surface area contributed by atoms with E-state index in [0.29, 0.717) is 34.8 Å². The highest BCUT2D eigenvalue weighted by Gasteiger charge is 2.39. The Bertz CT molecular complexity index is 1620. The van der Waals surface area contributed by atoms with E-state index in [4.69, 9.17) is 20.2 Å². The maximum absolute atomic E-state index is 12.9. The predicted molar refractivity (Wildman–Crippen MR) is 196 cm³/mol. The van der Waals surface area contributed by atoms with Crippen LogP contribution >= 0.6 is 0 Å². The van der Waals surface area contributed by atoms with Crippen molar-refractivity contribution < 1.29 is 27.4 Å². The van der Waals surface area contributed by atoms with Crippen molar-refractivity contribution in [3.63, 3.8) is 0 Å². The first-order valence-electron chi connectivity index (χ1n) is 18.5. The number of nitrogens with two attached hydrogens (primary N) is 1. The Labute approximate surface area is 304 Å². The van der Waals surface area contributed by atoms with Gasteiger partial charge in [-0.3, -0.25) is 10.3 Å². The summed E-state index contributed by atoms with van der Waals surface area (Å²) in [5.74, 6) is 1.40. The molecule has 13 heteroatoms. The number of alkyl halides is 3. The quantitative estimate of drug-likeness (QED) is 0.248. The lowest BCUT2D eigenvalue weighted by Crippen LogP contribution is -2.63. The first kappa shape index (κ1) is 37.8. The highest BCUT2D eigenvalue weighted by molar-refractivity contribution is 6.12. The summed E-state index contributed by atoms with van der Waals surface area (Å²) in [5.41, 5.74) is 7.19. The molecule has 2 aromatic rings. The molecule has 0 bridgehead atoms. The lowest BCUT2D eigenvalue weighted by Gasteiger charge is -2.49. The first-order chi connectivity index (χ1) is 24.7. The van der Waals surface area contributed by atoms with Gasteiger partial charge in [-0.2, -0.15) is 13.2 Å². The van der Waals surface area contributed by atoms with Gasteiger partial charge in [0.25, 0.3) is 0 Å². The number of hydrogen-bond acceptors (Lipinski definition) is 9. The zero-order chi connectivity index (χ0) is 37.2. The van der Waals surface area contributed by atoms with Gasteiger partial charge in [0.15, 0.2) is 0 Å². The number of hydrogen-bond donors (Lipinski definition) is 3. The molecule has 4 aliphatic heterocycles. The van der Waals surface area contributed by atoms with Crippen LogP contribution in [-0.2, 0) is 10.9 Å². The van der Waals surface area contributed by atoms with Gasteiger partial charge in [0, 0.05) is 86.7 Å². The fourth-order valence-corrected chi connectivity index (χ4v) is 7.54. The number of carbonyl (C=O) groups is 1. The third-order valence-electron chi connectivity index (χ3n) is 10.7. The van der Waals surface area contributed by atoms with Crippen molar-refractivity contribution in [2.24, 2.45) is 16.6 Å². The Balaban J connectivity index is 1.01. The Morgan fingerprint density at radius 2 is 1.46 bits per heavy atom. The molecule has 52 heavy (non-hydrogen) atoms. The average molecular weight is 724 g/mol. The minimum absolute atomic E-state index is 0.0104. The molecule has 0 radical (unpaired) electrons. The number of aliphatic imine (C=N–C) groups is 1. The molecule has 4 aliphatic rings. The summed E-state index contributed by atoms with van der Waals surface area (Å²) >= 11 is 0. The number of nitrogens with zero attached hydrogens (tertiary/aromatic N) is 4. The Hall–Kier alpha value is -3.94. The van der Waals surface area contributed by atoms with Crippen LogP contribution in [0.3, 0.4) is 0 Å². The van der Waals surface area contributed by atoms with E-state index in [2.05, 4.69) is 22.0 Å². The van der Waals surface area contributed by atoms with E-state index >= 15 is 0 Å². The summed E-state index contributed by atoms with van der Waals surface area (Å²) in [4.78, 5) is 24.1. The van der Waals surface area contributed by atoms with Crippen molar-refractivity contribution in [2.75, 3.05) is 39.3 Å². The third kappa shape index (κ3) is 8.98. The first-order valence-corrected chi connectivity index (χ1v) is 18.5. The van der Waals surface area contributed by atoms with E-state index in [1.54, 1.807) is 29.2 Å². The van der Waals surface area contributed by atoms with Gasteiger partial charge >= 0.3 is 12.3 Å². The number of amides is 1. The molecule has 1 amide bonds. The topological polar surface area (TPSA) is 120 Å². The second kappa shape index (κ2) is 15.6. The van der Waals surface area contributed by atoms with Crippen LogP contribution in [0.25, 0.3) is 0 Å². The normalized spacial score (nSPS) is 23.0. The third-order valence-corrected chi connectivity index (χ3v) is 10.7. The second-order valence-electron chi connectivity index (χ2n) is 15.4. The molecule has 0 aromatic heterocycles. The van der Waals surface area contributed by atoms with Gasteiger partial charge in [-0.1, -0.05) is 6.92 Å². The molecule has 2 aromatic carbocycles. The minimum Gasteiger partial charge on any atom is -0.457 e. The molecule has 2 unspecified atom stereocenters. The zero-order valence-electron chi connectivity index (χ0n) is 30.6. The van der Waals surface area contributed by atoms with Gasteiger partial charge in [-0.25, -0.2) is 9.79 Å². The minimum atomic E-state index is -4.41. The monoisotopic (exact) mass is 723 g/mol. The van der Waals surface area contributed by atoms with Crippen molar-refractivity contribution in [1.82, 2.24) is 20.0 Å². The summed E-state index contributed by atoms with van der Waals surface area (Å²) in [5, 5.41) is 12.9. The van der Waals surface area contributed by atoms with Gasteiger partial charge in [-0.15, -0.1) is 0 Å². The van der Waals surface area contributed by atoms with Gasteiger partial charge in [0.05, 0.1) is 11.3 Å². The molecule has 10 nitrogen and oxygen atoms in total. The molecule has 0 saturated carbocycles. The molecule has 4 N–H and O–H groups in total. The molecule has 6 rings (SSSR count). The van der Waals surface area contributed by atoms with Gasteiger partial charge in [-0.05, 0) is 101 Å². The Morgan fingerprint density at radius 3 is 2.02 bits per heavy atom. The molecule has 0 aliphatic carbocycles. The number of rotatable bonds is 9. The van der Waals surface area contributed by atoms with Crippen LogP contribution in [0.2, 0.25) is 0 Å². The van der Waals surface area contributed by atoms with Crippen molar-refractivity contribution >= 4 is 18.0 Å². The number of nitrogens with one attached hydrogen (secondary N) is 2. The molecular weight excluding hydrogens is 671 g/mol. The number of halogens is 3. The van der Waals surface area contributed by atoms with Gasteiger partial charge < -0.3 is 30.3 Å². The molecule has 282 valence electrons. The molecule has 3 saturated heterocycles. The van der Waals surface area contributed by atoms with Crippen LogP contribution in [0, 0.1) is 11.3 Å². The van der Waals surface area contributed by atoms with Crippen molar-refractivity contribution in [1.29, 1.82) is 5.41 Å². The Morgan fingerprint density at radius 1 is 0.904 bits per heavy atom. The summed E-state index contributed by atoms with van der Waals surface area (Å²) < 4.78 is 50.1. The van der Waals surface area contributed by atoms with E-state index in [1.807, 2.05) is 27.0 Å². The van der Waals surface area contributed by atoms with Crippen molar-refractivity contribution in [2.45, 2.75) is 95.7 Å². The summed E-state index contributed by atoms with van der Waals surface area (Å²) in [7, 11) is 0. The van der Waals surface area contributed by atoms with E-state index in [1.165, 1.54) is 12.1 Å². The number of ether oxygens (including phenoxy) is 2. The predicted octanol–water partition coefficient (Wildman–Crippen LogP) is 6.65. The smallest absolute Gasteiger partial charge is 0.416 e. The summed E-state index contributed by atoms with van der Waals surface area (Å²) in [6.45, 7) is 13.3. The lowest BCUT2D eigenvalue weighted by atomic mass is 9.85. The van der Waals surface area contributed by atoms with Crippen LogP contribution in [0.4, 0.5) is 18.0 Å². The Kier molecular flexibility index (Phi) is 11.3. The molecular formula is C39H52F3N7O3. The lowest BCUT2D eigenvalue weighted by molar-refractivity contribution is -0.137. The number of carbonyl (C=O) groups excluding carboxylic acids is 1. The molecule has 0 spiro atoms. The summed E-state index contributed by atoms with van der Waals surface area (Å²) in [6, 6.07) is 12.3. The number of piperidine rings is 2. The maximum atomic E-state index is 12.9. The highest BCUT2D eigenvalue weighted by Crippen LogP contribution is 2.33.